The van der Waals surface area contributed by atoms with Crippen LogP contribution in [0.2, 0.25) is 0 Å². The van der Waals surface area contributed by atoms with Gasteiger partial charge in [-0.2, -0.15) is 0 Å². The number of sulfonamides is 1. The van der Waals surface area contributed by atoms with Crippen molar-refractivity contribution < 1.29 is 22.3 Å². The minimum absolute atomic E-state index is 0.0108. The number of amides is 1. The van der Waals surface area contributed by atoms with E-state index in [1.165, 1.54) is 18.2 Å². The van der Waals surface area contributed by atoms with Crippen LogP contribution in [0.5, 0.6) is 0 Å². The molecule has 6 nitrogen and oxygen atoms in total. The normalized spacial score (nSPS) is 16.7. The van der Waals surface area contributed by atoms with E-state index in [1.807, 2.05) is 0 Å². The van der Waals surface area contributed by atoms with E-state index < -0.39 is 15.8 Å². The van der Waals surface area contributed by atoms with Gasteiger partial charge in [0.1, 0.15) is 5.82 Å². The summed E-state index contributed by atoms with van der Waals surface area (Å²) in [6, 6.07) is 12.3. The van der Waals surface area contributed by atoms with Gasteiger partial charge in [0.2, 0.25) is 10.0 Å². The lowest BCUT2D eigenvalue weighted by atomic mass is 10.1. The lowest BCUT2D eigenvalue weighted by Gasteiger charge is -2.23. The molecule has 3 rings (SSSR count). The third-order valence-electron chi connectivity index (χ3n) is 4.58. The van der Waals surface area contributed by atoms with Gasteiger partial charge in [-0.15, -0.1) is 0 Å². The quantitative estimate of drug-likeness (QED) is 0.767. The van der Waals surface area contributed by atoms with E-state index in [2.05, 4.69) is 5.32 Å². The van der Waals surface area contributed by atoms with E-state index in [1.54, 1.807) is 30.3 Å². The molecule has 2 aromatic rings. The highest BCUT2D eigenvalue weighted by molar-refractivity contribution is 7.92. The third-order valence-corrected chi connectivity index (χ3v) is 5.70. The zero-order valence-electron chi connectivity index (χ0n) is 15.6. The summed E-state index contributed by atoms with van der Waals surface area (Å²) in [6.45, 7) is 1.17. The first-order valence-electron chi connectivity index (χ1n) is 9.05. The summed E-state index contributed by atoms with van der Waals surface area (Å²) in [7, 11) is -3.68. The summed E-state index contributed by atoms with van der Waals surface area (Å²) in [6.07, 6.45) is 3.05. The van der Waals surface area contributed by atoms with Crippen molar-refractivity contribution in [3.05, 3.63) is 65.5 Å². The number of halogens is 1. The van der Waals surface area contributed by atoms with Crippen molar-refractivity contribution in [3.63, 3.8) is 0 Å². The number of hydrogen-bond acceptors (Lipinski definition) is 4. The fourth-order valence-corrected chi connectivity index (χ4v) is 3.97. The van der Waals surface area contributed by atoms with Gasteiger partial charge >= 0.3 is 0 Å². The number of ether oxygens (including phenoxy) is 1. The van der Waals surface area contributed by atoms with E-state index in [0.717, 1.165) is 30.0 Å². The fourth-order valence-electron chi connectivity index (χ4n) is 3.08. The lowest BCUT2D eigenvalue weighted by molar-refractivity contribution is 0.0858. The van der Waals surface area contributed by atoms with Crippen molar-refractivity contribution in [1.29, 1.82) is 0 Å². The minimum atomic E-state index is -3.68. The Morgan fingerprint density at radius 3 is 2.54 bits per heavy atom. The first-order valence-corrected chi connectivity index (χ1v) is 10.9. The molecule has 0 radical (unpaired) electrons. The Morgan fingerprint density at radius 1 is 1.21 bits per heavy atom. The van der Waals surface area contributed by atoms with Crippen LogP contribution in [0.15, 0.2) is 48.5 Å². The Kier molecular flexibility index (Phi) is 6.31. The maximum atomic E-state index is 14.1. The maximum absolute atomic E-state index is 14.1. The molecule has 1 fully saturated rings. The molecule has 1 aliphatic heterocycles. The molecule has 1 aliphatic rings. The van der Waals surface area contributed by atoms with Crippen molar-refractivity contribution in [2.24, 2.45) is 0 Å². The minimum Gasteiger partial charge on any atom is -0.376 e. The van der Waals surface area contributed by atoms with Crippen molar-refractivity contribution >= 4 is 21.6 Å². The zero-order valence-corrected chi connectivity index (χ0v) is 16.4. The van der Waals surface area contributed by atoms with Gasteiger partial charge in [0.05, 0.1) is 24.6 Å². The standard InChI is InChI=1S/C20H23FN2O4S/c1-28(25,26)23(19-7-3-2-6-18(19)21)14-15-8-10-16(11-9-15)20(24)22-13-17-5-4-12-27-17/h2-3,6-11,17H,4-5,12-14H2,1H3,(H,22,24). The van der Waals surface area contributed by atoms with Crippen molar-refractivity contribution in [1.82, 2.24) is 5.32 Å². The Hall–Kier alpha value is -2.45. The van der Waals surface area contributed by atoms with Crippen LogP contribution < -0.4 is 9.62 Å². The number of carbonyl (C=O) groups is 1. The third kappa shape index (κ3) is 5.08. The molecule has 1 heterocycles. The van der Waals surface area contributed by atoms with Gasteiger partial charge in [-0.05, 0) is 42.7 Å². The molecule has 0 aliphatic carbocycles. The second-order valence-electron chi connectivity index (χ2n) is 6.76. The number of hydrogen-bond donors (Lipinski definition) is 1. The summed E-state index contributed by atoms with van der Waals surface area (Å²) in [5.74, 6) is -0.825. The monoisotopic (exact) mass is 406 g/mol. The van der Waals surface area contributed by atoms with Crippen LogP contribution in [-0.4, -0.2) is 39.8 Å². The molecule has 0 aromatic heterocycles. The van der Waals surface area contributed by atoms with Gasteiger partial charge in [-0.3, -0.25) is 9.10 Å². The second kappa shape index (κ2) is 8.70. The summed E-state index contributed by atoms with van der Waals surface area (Å²) in [5, 5.41) is 2.84. The predicted octanol–water partition coefficient (Wildman–Crippen LogP) is 2.70. The fraction of sp³-hybridized carbons (Fsp3) is 0.350. The van der Waals surface area contributed by atoms with Crippen LogP contribution in [0, 0.1) is 5.82 Å². The summed E-state index contributed by atoms with van der Waals surface area (Å²) < 4.78 is 44.9. The van der Waals surface area contributed by atoms with Crippen LogP contribution in [0.25, 0.3) is 0 Å². The van der Waals surface area contributed by atoms with Gasteiger partial charge in [0.15, 0.2) is 0 Å². The summed E-state index contributed by atoms with van der Waals surface area (Å²) in [5.41, 5.74) is 1.10. The largest absolute Gasteiger partial charge is 0.376 e. The van der Waals surface area contributed by atoms with Crippen molar-refractivity contribution in [2.75, 3.05) is 23.7 Å². The smallest absolute Gasteiger partial charge is 0.251 e. The van der Waals surface area contributed by atoms with E-state index in [-0.39, 0.29) is 24.2 Å². The van der Waals surface area contributed by atoms with E-state index in [9.17, 15) is 17.6 Å². The van der Waals surface area contributed by atoms with Crippen LogP contribution >= 0.6 is 0 Å². The maximum Gasteiger partial charge on any atom is 0.251 e. The topological polar surface area (TPSA) is 75.7 Å². The van der Waals surface area contributed by atoms with Gasteiger partial charge in [-0.1, -0.05) is 24.3 Å². The number of para-hydroxylation sites is 1. The summed E-state index contributed by atoms with van der Waals surface area (Å²) in [4.78, 5) is 12.2. The predicted molar refractivity (Wildman–Crippen MR) is 105 cm³/mol. The number of nitrogens with zero attached hydrogens (tertiary/aromatic N) is 1. The first-order chi connectivity index (χ1) is 13.3. The van der Waals surface area contributed by atoms with Crippen LogP contribution in [0.4, 0.5) is 10.1 Å². The molecule has 28 heavy (non-hydrogen) atoms. The number of rotatable bonds is 7. The van der Waals surface area contributed by atoms with Crippen LogP contribution in [0.3, 0.4) is 0 Å². The molecule has 1 atom stereocenters. The molecule has 0 spiro atoms. The number of nitrogens with one attached hydrogen (secondary N) is 1. The molecule has 2 aromatic carbocycles. The second-order valence-corrected chi connectivity index (χ2v) is 8.67. The van der Waals surface area contributed by atoms with Crippen LogP contribution in [0.1, 0.15) is 28.8 Å². The van der Waals surface area contributed by atoms with E-state index >= 15 is 0 Å². The highest BCUT2D eigenvalue weighted by Crippen LogP contribution is 2.24. The molecule has 1 amide bonds. The van der Waals surface area contributed by atoms with E-state index in [0.29, 0.717) is 17.7 Å². The number of anilines is 1. The molecular formula is C20H23FN2O4S. The Balaban J connectivity index is 1.69. The van der Waals surface area contributed by atoms with Crippen molar-refractivity contribution in [3.8, 4) is 0 Å². The average molecular weight is 406 g/mol. The molecule has 1 unspecified atom stereocenters. The highest BCUT2D eigenvalue weighted by Gasteiger charge is 2.21. The van der Waals surface area contributed by atoms with Gasteiger partial charge < -0.3 is 10.1 Å². The number of benzene rings is 2. The van der Waals surface area contributed by atoms with Gasteiger partial charge in [-0.25, -0.2) is 12.8 Å². The van der Waals surface area contributed by atoms with Gasteiger partial charge in [0, 0.05) is 18.7 Å². The highest BCUT2D eigenvalue weighted by atomic mass is 32.2. The van der Waals surface area contributed by atoms with Crippen molar-refractivity contribution in [2.45, 2.75) is 25.5 Å². The molecule has 8 heteroatoms. The Morgan fingerprint density at radius 2 is 1.93 bits per heavy atom. The number of carbonyl (C=O) groups excluding carboxylic acids is 1. The average Bonchev–Trinajstić information content (AvgIpc) is 3.18. The van der Waals surface area contributed by atoms with Gasteiger partial charge in [0.25, 0.3) is 5.91 Å². The molecule has 150 valence electrons. The zero-order chi connectivity index (χ0) is 20.1. The lowest BCUT2D eigenvalue weighted by Crippen LogP contribution is -2.32. The first kappa shape index (κ1) is 20.3. The Bertz CT molecular complexity index is 925. The SMILES string of the molecule is CS(=O)(=O)N(Cc1ccc(C(=O)NCC2CCCO2)cc1)c1ccccc1F. The van der Waals surface area contributed by atoms with E-state index in [4.69, 9.17) is 4.74 Å². The summed E-state index contributed by atoms with van der Waals surface area (Å²) >= 11 is 0. The molecule has 0 saturated carbocycles. The molecule has 1 N–H and O–H groups in total. The molecule has 1 saturated heterocycles. The Labute approximate surface area is 164 Å². The van der Waals surface area contributed by atoms with Crippen LogP contribution in [-0.2, 0) is 21.3 Å². The molecular weight excluding hydrogens is 383 g/mol. The molecule has 0 bridgehead atoms.